The second-order valence-electron chi connectivity index (χ2n) is 9.10. The maximum atomic E-state index is 12.9. The Morgan fingerprint density at radius 3 is 2.79 bits per heavy atom. The third-order valence-corrected chi connectivity index (χ3v) is 6.60. The normalized spacial score (nSPS) is 19.2. The molecule has 2 saturated heterocycles. The summed E-state index contributed by atoms with van der Waals surface area (Å²) < 4.78 is 50.7. The summed E-state index contributed by atoms with van der Waals surface area (Å²) in [5.41, 5.74) is 1.68. The van der Waals surface area contributed by atoms with Crippen LogP contribution in [0.4, 0.5) is 18.0 Å². The average molecular weight is 550 g/mol. The Kier molecular flexibility index (Phi) is 7.15. The first-order chi connectivity index (χ1) is 18.1. The molecule has 38 heavy (non-hydrogen) atoms. The van der Waals surface area contributed by atoms with Crippen LogP contribution in [-0.2, 0) is 17.8 Å². The number of carbonyl (C=O) groups is 2. The number of nitrogens with one attached hydrogen (secondary N) is 1. The van der Waals surface area contributed by atoms with Gasteiger partial charge in [0.05, 0.1) is 12.2 Å². The number of halogens is 4. The third-order valence-electron chi connectivity index (χ3n) is 6.35. The first kappa shape index (κ1) is 25.8. The first-order valence-corrected chi connectivity index (χ1v) is 12.2. The van der Waals surface area contributed by atoms with Crippen molar-refractivity contribution in [2.45, 2.75) is 44.3 Å². The second kappa shape index (κ2) is 10.5. The zero-order valence-electron chi connectivity index (χ0n) is 19.9. The topological polar surface area (TPSA) is 98.6 Å². The van der Waals surface area contributed by atoms with Crippen LogP contribution in [0.15, 0.2) is 48.9 Å². The van der Waals surface area contributed by atoms with Gasteiger partial charge in [-0.05, 0) is 17.7 Å². The van der Waals surface area contributed by atoms with Crippen molar-refractivity contribution >= 4 is 23.6 Å². The van der Waals surface area contributed by atoms with E-state index in [-0.39, 0.29) is 42.8 Å². The standard InChI is InChI=1S/C25H23ClF3N5O4/c26-17-3-1-15(2-4-17)9-31-23(35)21-8-22(38-19-5-6-34-18(7-19)13-37-24(34)36)20(11-30-21)16-10-32-33(12-16)14-25(27,28)29/h1-4,8,10-12,18-19H,5-7,9,13-14H2,(H,31,35)/t18-,19-/m0/s1. The monoisotopic (exact) mass is 549 g/mol. The molecule has 0 saturated carbocycles. The van der Waals surface area contributed by atoms with Gasteiger partial charge < -0.3 is 19.7 Å². The van der Waals surface area contributed by atoms with Crippen molar-refractivity contribution < 1.29 is 32.2 Å². The van der Waals surface area contributed by atoms with Gasteiger partial charge in [-0.15, -0.1) is 0 Å². The molecular formula is C25H23ClF3N5O4. The van der Waals surface area contributed by atoms with Crippen molar-refractivity contribution in [2.75, 3.05) is 13.2 Å². The molecule has 2 aliphatic rings. The summed E-state index contributed by atoms with van der Waals surface area (Å²) in [5.74, 6) is -0.166. The smallest absolute Gasteiger partial charge is 0.410 e. The number of ether oxygens (including phenoxy) is 2. The van der Waals surface area contributed by atoms with Crippen molar-refractivity contribution in [1.29, 1.82) is 0 Å². The van der Waals surface area contributed by atoms with Crippen LogP contribution >= 0.6 is 11.6 Å². The highest BCUT2D eigenvalue weighted by Crippen LogP contribution is 2.34. The van der Waals surface area contributed by atoms with Gasteiger partial charge in [0.1, 0.15) is 30.7 Å². The number of aromatic nitrogens is 3. The molecule has 9 nitrogen and oxygen atoms in total. The number of hydrogen-bond acceptors (Lipinski definition) is 6. The highest BCUT2D eigenvalue weighted by molar-refractivity contribution is 6.30. The molecule has 5 rings (SSSR count). The molecule has 0 unspecified atom stereocenters. The summed E-state index contributed by atoms with van der Waals surface area (Å²) in [4.78, 5) is 30.6. The van der Waals surface area contributed by atoms with Gasteiger partial charge in [0.15, 0.2) is 0 Å². The number of amides is 2. The summed E-state index contributed by atoms with van der Waals surface area (Å²) in [6.45, 7) is -0.277. The summed E-state index contributed by atoms with van der Waals surface area (Å²) in [6, 6.07) is 8.36. The van der Waals surface area contributed by atoms with E-state index in [4.69, 9.17) is 21.1 Å². The Hall–Kier alpha value is -3.80. The fraction of sp³-hybridized carbons (Fsp3) is 0.360. The van der Waals surface area contributed by atoms with Crippen LogP contribution < -0.4 is 10.1 Å². The Morgan fingerprint density at radius 1 is 1.24 bits per heavy atom. The van der Waals surface area contributed by atoms with Crippen LogP contribution in [0.2, 0.25) is 5.02 Å². The lowest BCUT2D eigenvalue weighted by atomic mass is 10.0. The number of carbonyl (C=O) groups excluding carboxylic acids is 2. The van der Waals surface area contributed by atoms with E-state index in [0.717, 1.165) is 10.2 Å². The minimum Gasteiger partial charge on any atom is -0.489 e. The summed E-state index contributed by atoms with van der Waals surface area (Å²) in [7, 11) is 0. The van der Waals surface area contributed by atoms with E-state index < -0.39 is 18.6 Å². The lowest BCUT2D eigenvalue weighted by Crippen LogP contribution is -2.44. The SMILES string of the molecule is O=C(NCc1ccc(Cl)cc1)c1cc(O[C@H]2CCN3C(=O)OC[C@@H]3C2)c(-c2cnn(CC(F)(F)F)c2)cn1. The van der Waals surface area contributed by atoms with Crippen LogP contribution in [0.25, 0.3) is 11.1 Å². The van der Waals surface area contributed by atoms with Crippen molar-refractivity contribution in [1.82, 2.24) is 25.0 Å². The minimum atomic E-state index is -4.43. The molecule has 0 bridgehead atoms. The quantitative estimate of drug-likeness (QED) is 0.467. The summed E-state index contributed by atoms with van der Waals surface area (Å²) in [6.07, 6.45) is -0.110. The average Bonchev–Trinajstić information content (AvgIpc) is 3.48. The minimum absolute atomic E-state index is 0.0808. The Morgan fingerprint density at radius 2 is 2.03 bits per heavy atom. The van der Waals surface area contributed by atoms with E-state index in [1.807, 2.05) is 0 Å². The van der Waals surface area contributed by atoms with Gasteiger partial charge in [0.2, 0.25) is 0 Å². The van der Waals surface area contributed by atoms with E-state index >= 15 is 0 Å². The van der Waals surface area contributed by atoms with Crippen molar-refractivity contribution in [3.63, 3.8) is 0 Å². The Balaban J connectivity index is 1.37. The number of pyridine rings is 1. The molecule has 0 spiro atoms. The van der Waals surface area contributed by atoms with Gasteiger partial charge in [-0.2, -0.15) is 18.3 Å². The van der Waals surface area contributed by atoms with Gasteiger partial charge in [-0.3, -0.25) is 14.5 Å². The van der Waals surface area contributed by atoms with Gasteiger partial charge in [-0.25, -0.2) is 4.79 Å². The van der Waals surface area contributed by atoms with Gasteiger partial charge in [0, 0.05) is 60.5 Å². The number of nitrogens with zero attached hydrogens (tertiary/aromatic N) is 4. The van der Waals surface area contributed by atoms with E-state index in [0.29, 0.717) is 35.5 Å². The van der Waals surface area contributed by atoms with Crippen molar-refractivity contribution in [3.05, 3.63) is 65.2 Å². The molecule has 0 radical (unpaired) electrons. The number of cyclic esters (lactones) is 1. The number of benzene rings is 1. The van der Waals surface area contributed by atoms with Crippen LogP contribution in [0, 0.1) is 0 Å². The summed E-state index contributed by atoms with van der Waals surface area (Å²) in [5, 5.41) is 7.18. The van der Waals surface area contributed by atoms with E-state index in [2.05, 4.69) is 15.4 Å². The lowest BCUT2D eigenvalue weighted by Gasteiger charge is -2.32. The first-order valence-electron chi connectivity index (χ1n) is 11.9. The molecule has 4 heterocycles. The zero-order chi connectivity index (χ0) is 26.9. The summed E-state index contributed by atoms with van der Waals surface area (Å²) >= 11 is 5.90. The molecule has 1 aromatic carbocycles. The molecule has 13 heteroatoms. The van der Waals surface area contributed by atoms with E-state index in [1.165, 1.54) is 24.7 Å². The number of piperidine rings is 1. The number of hydrogen-bond donors (Lipinski definition) is 1. The predicted octanol–water partition coefficient (Wildman–Crippen LogP) is 4.45. The Bertz CT molecular complexity index is 1330. The maximum absolute atomic E-state index is 12.9. The maximum Gasteiger partial charge on any atom is 0.410 e. The lowest BCUT2D eigenvalue weighted by molar-refractivity contribution is -0.142. The molecule has 1 N–H and O–H groups in total. The van der Waals surface area contributed by atoms with Crippen LogP contribution in [0.1, 0.15) is 28.9 Å². The molecule has 0 aliphatic carbocycles. The van der Waals surface area contributed by atoms with Crippen LogP contribution in [0.5, 0.6) is 5.75 Å². The number of fused-ring (bicyclic) bond motifs is 1. The third kappa shape index (κ3) is 6.01. The molecule has 2 amide bonds. The van der Waals surface area contributed by atoms with Crippen molar-refractivity contribution in [2.24, 2.45) is 0 Å². The van der Waals surface area contributed by atoms with E-state index in [1.54, 1.807) is 29.2 Å². The molecular weight excluding hydrogens is 527 g/mol. The second-order valence-corrected chi connectivity index (χ2v) is 9.54. The predicted molar refractivity (Wildman–Crippen MR) is 130 cm³/mol. The number of rotatable bonds is 7. The molecule has 2 fully saturated rings. The fourth-order valence-electron chi connectivity index (χ4n) is 4.47. The van der Waals surface area contributed by atoms with Crippen LogP contribution in [0.3, 0.4) is 0 Å². The van der Waals surface area contributed by atoms with E-state index in [9.17, 15) is 22.8 Å². The fourth-order valence-corrected chi connectivity index (χ4v) is 4.60. The van der Waals surface area contributed by atoms with Crippen LogP contribution in [-0.4, -0.2) is 63.1 Å². The van der Waals surface area contributed by atoms with Gasteiger partial charge >= 0.3 is 12.3 Å². The Labute approximate surface area is 220 Å². The van der Waals surface area contributed by atoms with Crippen molar-refractivity contribution in [3.8, 4) is 16.9 Å². The van der Waals surface area contributed by atoms with Gasteiger partial charge in [-0.1, -0.05) is 23.7 Å². The molecule has 2 aliphatic heterocycles. The molecule has 200 valence electrons. The highest BCUT2D eigenvalue weighted by atomic mass is 35.5. The number of alkyl halides is 3. The largest absolute Gasteiger partial charge is 0.489 e. The molecule has 2 atom stereocenters. The van der Waals surface area contributed by atoms with Gasteiger partial charge in [0.25, 0.3) is 5.91 Å². The highest BCUT2D eigenvalue weighted by Gasteiger charge is 2.39. The zero-order valence-corrected chi connectivity index (χ0v) is 20.7. The molecule has 2 aromatic heterocycles. The molecule has 3 aromatic rings.